The van der Waals surface area contributed by atoms with Crippen molar-refractivity contribution in [2.45, 2.75) is 26.7 Å². The van der Waals surface area contributed by atoms with Gasteiger partial charge in [0.15, 0.2) is 0 Å². The van der Waals surface area contributed by atoms with Crippen LogP contribution in [-0.4, -0.2) is 11.0 Å². The summed E-state index contributed by atoms with van der Waals surface area (Å²) in [6.07, 6.45) is 14.1. The van der Waals surface area contributed by atoms with Crippen molar-refractivity contribution in [1.29, 1.82) is 0 Å². The van der Waals surface area contributed by atoms with E-state index in [4.69, 9.17) is 0 Å². The monoisotopic (exact) mass is 421 g/mol. The maximum absolute atomic E-state index is 3.66. The minimum Gasteiger partial charge on any atom is -0.358 e. The molecule has 0 saturated heterocycles. The fraction of sp³-hybridized carbons (Fsp3) is 0.261. The van der Waals surface area contributed by atoms with E-state index >= 15 is 0 Å². The van der Waals surface area contributed by atoms with E-state index in [0.717, 1.165) is 23.0 Å². The van der Waals surface area contributed by atoms with Gasteiger partial charge in [-0.2, -0.15) is 6.42 Å². The molecule has 0 aliphatic heterocycles. The van der Waals surface area contributed by atoms with E-state index in [9.17, 15) is 0 Å². The molecule has 1 saturated carbocycles. The van der Waals surface area contributed by atoms with E-state index in [1.165, 1.54) is 18.1 Å². The fourth-order valence-electron chi connectivity index (χ4n) is 2.15. The molecular weight excluding hydrogens is 383 g/mol. The third-order valence-electron chi connectivity index (χ3n) is 3.76. The third-order valence-corrected chi connectivity index (χ3v) is 4.15. The molecule has 2 aliphatic carbocycles. The zero-order valence-corrected chi connectivity index (χ0v) is 19.1. The molecule has 1 fully saturated rings. The van der Waals surface area contributed by atoms with E-state index in [0.29, 0.717) is 0 Å². The Hall–Kier alpha value is -0.459. The standard InChI is InChI=1S/C9H11.C6H7P.C6H10.2CH3.H4Si.Ti/c1-2-5-9-7-3-6-8(9)4-1;7-6-4-2-1-3-5-6;1-5(2)6(3)4;;;;/h1-2,4-6,8-9H,3,7H2;1-5H,7H2;1,3H2,2,4H3;2*1H3;1H4;/q-1;;;2*-1;;+3. The van der Waals surface area contributed by atoms with Gasteiger partial charge >= 0.3 is 21.7 Å². The molecule has 26 heavy (non-hydrogen) atoms. The number of hydrogen-bond donors (Lipinski definition) is 0. The van der Waals surface area contributed by atoms with Gasteiger partial charge in [-0.05, 0) is 36.0 Å². The van der Waals surface area contributed by atoms with Crippen molar-refractivity contribution in [2.24, 2.45) is 11.8 Å². The van der Waals surface area contributed by atoms with Crippen LogP contribution in [0.3, 0.4) is 0 Å². The maximum atomic E-state index is 3.66. The predicted octanol–water partition coefficient (Wildman–Crippen LogP) is 5.11. The van der Waals surface area contributed by atoms with Crippen LogP contribution in [0.1, 0.15) is 26.7 Å². The van der Waals surface area contributed by atoms with Crippen LogP contribution in [0.2, 0.25) is 0 Å². The average molecular weight is 421 g/mol. The number of benzene rings is 1. The van der Waals surface area contributed by atoms with Gasteiger partial charge in [0.2, 0.25) is 0 Å². The molecular formula is C23H38PSiTi. The molecule has 0 aromatic heterocycles. The molecule has 1 aromatic carbocycles. The second kappa shape index (κ2) is 19.3. The van der Waals surface area contributed by atoms with Crippen molar-refractivity contribution < 1.29 is 21.7 Å². The summed E-state index contributed by atoms with van der Waals surface area (Å²) >= 11 is 0. The van der Waals surface area contributed by atoms with Crippen LogP contribution in [0.4, 0.5) is 0 Å². The minimum absolute atomic E-state index is 0. The molecule has 3 rings (SSSR count). The Kier molecular flexibility index (Phi) is 24.6. The Morgan fingerprint density at radius 1 is 1.00 bits per heavy atom. The van der Waals surface area contributed by atoms with Crippen LogP contribution in [0.25, 0.3) is 0 Å². The van der Waals surface area contributed by atoms with Crippen molar-refractivity contribution >= 4 is 25.5 Å². The van der Waals surface area contributed by atoms with Crippen molar-refractivity contribution in [3.05, 3.63) is 100 Å². The second-order valence-electron chi connectivity index (χ2n) is 5.80. The van der Waals surface area contributed by atoms with Gasteiger partial charge in [0.05, 0.1) is 0 Å². The molecule has 0 amide bonds. The van der Waals surface area contributed by atoms with Crippen LogP contribution in [-0.2, 0) is 21.7 Å². The van der Waals surface area contributed by atoms with E-state index < -0.39 is 0 Å². The first-order chi connectivity index (χ1) is 10.5. The Morgan fingerprint density at radius 2 is 1.50 bits per heavy atom. The molecule has 1 aromatic rings. The van der Waals surface area contributed by atoms with Crippen molar-refractivity contribution in [1.82, 2.24) is 0 Å². The van der Waals surface area contributed by atoms with Crippen LogP contribution in [0, 0.1) is 33.1 Å². The largest absolute Gasteiger partial charge is 3.00 e. The Morgan fingerprint density at radius 3 is 1.88 bits per heavy atom. The summed E-state index contributed by atoms with van der Waals surface area (Å²) in [6, 6.07) is 10.1. The normalized spacial score (nSPS) is 17.7. The average Bonchev–Trinajstić information content (AvgIpc) is 2.97. The van der Waals surface area contributed by atoms with Crippen molar-refractivity contribution in [3.63, 3.8) is 0 Å². The second-order valence-corrected chi connectivity index (χ2v) is 6.46. The zero-order chi connectivity index (χ0) is 16.4. The molecule has 0 bridgehead atoms. The number of fused-ring (bicyclic) bond motifs is 1. The maximum Gasteiger partial charge on any atom is 3.00 e. The van der Waals surface area contributed by atoms with E-state index in [1.807, 2.05) is 44.2 Å². The Bertz CT molecular complexity index is 504. The van der Waals surface area contributed by atoms with E-state index in [-0.39, 0.29) is 47.5 Å². The molecule has 1 radical (unpaired) electrons. The number of hydrogen-bond acceptors (Lipinski definition) is 0. The Balaban J connectivity index is -0.000000133. The summed E-state index contributed by atoms with van der Waals surface area (Å²) in [4.78, 5) is 0. The number of rotatable bonds is 1. The molecule has 0 N–H and O–H groups in total. The molecule has 3 heteroatoms. The molecule has 3 atom stereocenters. The fourth-order valence-corrected chi connectivity index (χ4v) is 2.37. The van der Waals surface area contributed by atoms with Gasteiger partial charge in [-0.15, -0.1) is 21.2 Å². The quantitative estimate of drug-likeness (QED) is 0.256. The van der Waals surface area contributed by atoms with Crippen molar-refractivity contribution in [3.8, 4) is 0 Å². The summed E-state index contributed by atoms with van der Waals surface area (Å²) in [6.45, 7) is 11.2. The molecule has 3 unspecified atom stereocenters. The van der Waals surface area contributed by atoms with Gasteiger partial charge in [0.25, 0.3) is 0 Å². The zero-order valence-electron chi connectivity index (χ0n) is 16.3. The van der Waals surface area contributed by atoms with Gasteiger partial charge < -0.3 is 21.3 Å². The summed E-state index contributed by atoms with van der Waals surface area (Å²) in [5.74, 6) is 1.62. The summed E-state index contributed by atoms with van der Waals surface area (Å²) in [5.41, 5.74) is 2.13. The summed E-state index contributed by atoms with van der Waals surface area (Å²) < 4.78 is 0. The van der Waals surface area contributed by atoms with Gasteiger partial charge in [-0.1, -0.05) is 79.3 Å². The SMILES string of the molecule is C1=CC2[CH-]CCC2C=C1.C=C(C)C(=C)C.Pc1ccccc1.[CH3-].[CH3-].[SiH4].[Ti+3]. The van der Waals surface area contributed by atoms with Gasteiger partial charge in [0, 0.05) is 0 Å². The summed E-state index contributed by atoms with van der Waals surface area (Å²) in [7, 11) is 2.63. The summed E-state index contributed by atoms with van der Waals surface area (Å²) in [5, 5.41) is 1.24. The molecule has 0 spiro atoms. The third kappa shape index (κ3) is 14.7. The first-order valence-corrected chi connectivity index (χ1v) is 8.38. The van der Waals surface area contributed by atoms with Crippen LogP contribution >= 0.6 is 9.24 Å². The number of allylic oxidation sites excluding steroid dienone is 6. The van der Waals surface area contributed by atoms with Crippen LogP contribution in [0.5, 0.6) is 0 Å². The predicted molar refractivity (Wildman–Crippen MR) is 128 cm³/mol. The first kappa shape index (κ1) is 33.2. The molecule has 143 valence electrons. The topological polar surface area (TPSA) is 0 Å². The van der Waals surface area contributed by atoms with E-state index in [1.54, 1.807) is 0 Å². The smallest absolute Gasteiger partial charge is 0.358 e. The molecule has 2 aliphatic rings. The van der Waals surface area contributed by atoms with Crippen molar-refractivity contribution in [2.75, 3.05) is 0 Å². The minimum atomic E-state index is 0. The van der Waals surface area contributed by atoms with Crippen LogP contribution < -0.4 is 5.30 Å². The van der Waals surface area contributed by atoms with Gasteiger partial charge in [0.1, 0.15) is 0 Å². The Labute approximate surface area is 185 Å². The molecule has 0 heterocycles. The van der Waals surface area contributed by atoms with E-state index in [2.05, 4.69) is 53.1 Å². The van der Waals surface area contributed by atoms with Gasteiger partial charge in [-0.25, -0.2) is 0 Å². The first-order valence-electron chi connectivity index (χ1n) is 7.81. The van der Waals surface area contributed by atoms with Gasteiger partial charge in [-0.3, -0.25) is 0 Å². The van der Waals surface area contributed by atoms with Crippen LogP contribution in [0.15, 0.2) is 78.9 Å². The molecule has 0 nitrogen and oxygen atoms in total.